The van der Waals surface area contributed by atoms with Gasteiger partial charge in [0.2, 0.25) is 0 Å². The Morgan fingerprint density at radius 3 is 1.31 bits per heavy atom. The number of ether oxygens (including phenoxy) is 1. The average Bonchev–Trinajstić information content (AvgIpc) is 2.73. The Morgan fingerprint density at radius 1 is 0.724 bits per heavy atom. The van der Waals surface area contributed by atoms with Crippen molar-refractivity contribution in [3.05, 3.63) is 102 Å². The summed E-state index contributed by atoms with van der Waals surface area (Å²) in [6.45, 7) is 10.4. The average molecular weight is 403 g/mol. The highest BCUT2D eigenvalue weighted by Gasteiger charge is 2.46. The minimum absolute atomic E-state index is 0.347. The zero-order valence-corrected chi connectivity index (χ0v) is 18.5. The van der Waals surface area contributed by atoms with Crippen molar-refractivity contribution in [2.75, 3.05) is 13.3 Å². The molecule has 0 aliphatic rings. The Labute approximate surface area is 174 Å². The Hall–Kier alpha value is -2.70. The summed E-state index contributed by atoms with van der Waals surface area (Å²) in [6, 6.07) is 26.1. The first kappa shape index (κ1) is 21.0. The molecule has 0 fully saturated rings. The summed E-state index contributed by atoms with van der Waals surface area (Å²) in [5, 5.41) is 3.71. The van der Waals surface area contributed by atoms with Crippen molar-refractivity contribution >= 4 is 29.1 Å². The maximum absolute atomic E-state index is 12.3. The van der Waals surface area contributed by atoms with E-state index in [2.05, 4.69) is 100 Å². The summed E-state index contributed by atoms with van der Waals surface area (Å²) in [6.07, 6.45) is 0.550. The summed E-state index contributed by atoms with van der Waals surface area (Å²) in [4.78, 5) is 12.3. The maximum atomic E-state index is 12.3. The van der Waals surface area contributed by atoms with Gasteiger partial charge >= 0.3 is 5.97 Å². The normalized spacial score (nSPS) is 11.2. The van der Waals surface area contributed by atoms with Crippen LogP contribution in [0.3, 0.4) is 0 Å². The van der Waals surface area contributed by atoms with Gasteiger partial charge in [0, 0.05) is 0 Å². The third kappa shape index (κ3) is 4.33. The quantitative estimate of drug-likeness (QED) is 0.341. The molecule has 3 rings (SSSR count). The fraction of sp³-hybridized carbons (Fsp3) is 0.192. The molecule has 0 atom stereocenters. The van der Waals surface area contributed by atoms with Gasteiger partial charge in [-0.15, -0.1) is 0 Å². The summed E-state index contributed by atoms with van der Waals surface area (Å²) >= 11 is 0. The molecule has 0 aliphatic carbocycles. The van der Waals surface area contributed by atoms with Gasteiger partial charge < -0.3 is 4.74 Å². The van der Waals surface area contributed by atoms with Crippen LogP contribution in [0.4, 0.5) is 0 Å². The lowest BCUT2D eigenvalue weighted by Crippen LogP contribution is -2.35. The standard InChI is InChI=1S/C26H28O2P/c1-19-6-12-23(13-7-19)29(18-22(4)26(27)28-5,24-14-8-20(2)9-15-24)25-16-10-21(3)11-17-25/h6-17H,4,18H2,1-3,5H3/q+1. The fourth-order valence-corrected chi connectivity index (χ4v) is 7.73. The van der Waals surface area contributed by atoms with E-state index in [0.717, 1.165) is 0 Å². The highest BCUT2D eigenvalue weighted by molar-refractivity contribution is 7.95. The van der Waals surface area contributed by atoms with Crippen LogP contribution in [0.1, 0.15) is 16.7 Å². The second kappa shape index (κ2) is 8.76. The van der Waals surface area contributed by atoms with Crippen LogP contribution in [0.15, 0.2) is 84.9 Å². The molecule has 0 saturated carbocycles. The summed E-state index contributed by atoms with van der Waals surface area (Å²) in [5.41, 5.74) is 4.15. The van der Waals surface area contributed by atoms with Crippen molar-refractivity contribution in [3.63, 3.8) is 0 Å². The number of carbonyl (C=O) groups is 1. The van der Waals surface area contributed by atoms with Gasteiger partial charge in [0.15, 0.2) is 0 Å². The van der Waals surface area contributed by atoms with E-state index in [0.29, 0.717) is 11.7 Å². The molecule has 2 nitrogen and oxygen atoms in total. The van der Waals surface area contributed by atoms with E-state index in [1.54, 1.807) is 0 Å². The van der Waals surface area contributed by atoms with E-state index in [-0.39, 0.29) is 5.97 Å². The maximum Gasteiger partial charge on any atom is 0.336 e. The van der Waals surface area contributed by atoms with E-state index in [4.69, 9.17) is 4.74 Å². The lowest BCUT2D eigenvalue weighted by atomic mass is 10.2. The van der Waals surface area contributed by atoms with Gasteiger partial charge in [-0.25, -0.2) is 4.79 Å². The third-order valence-electron chi connectivity index (χ3n) is 5.33. The summed E-state index contributed by atoms with van der Waals surface area (Å²) in [7, 11) is -0.722. The number of benzene rings is 3. The van der Waals surface area contributed by atoms with Crippen molar-refractivity contribution in [1.82, 2.24) is 0 Å². The van der Waals surface area contributed by atoms with Crippen LogP contribution in [-0.2, 0) is 9.53 Å². The lowest BCUT2D eigenvalue weighted by Gasteiger charge is -2.28. The molecule has 3 aromatic carbocycles. The Balaban J connectivity index is 2.32. The molecule has 148 valence electrons. The second-order valence-electron chi connectivity index (χ2n) is 7.57. The van der Waals surface area contributed by atoms with E-state index >= 15 is 0 Å². The SMILES string of the molecule is C=C(C[P+](c1ccc(C)cc1)(c1ccc(C)cc1)c1ccc(C)cc1)C(=O)OC. The first-order chi connectivity index (χ1) is 13.9. The highest BCUT2D eigenvalue weighted by atomic mass is 31.2. The van der Waals surface area contributed by atoms with Crippen LogP contribution < -0.4 is 15.9 Å². The van der Waals surface area contributed by atoms with E-state index in [1.165, 1.54) is 39.7 Å². The van der Waals surface area contributed by atoms with Gasteiger partial charge in [0.1, 0.15) is 29.3 Å². The monoisotopic (exact) mass is 403 g/mol. The molecule has 29 heavy (non-hydrogen) atoms. The van der Waals surface area contributed by atoms with Crippen molar-refractivity contribution < 1.29 is 9.53 Å². The molecule has 0 N–H and O–H groups in total. The van der Waals surface area contributed by atoms with E-state index < -0.39 is 7.26 Å². The zero-order valence-electron chi connectivity index (χ0n) is 17.6. The number of hydrogen-bond acceptors (Lipinski definition) is 2. The van der Waals surface area contributed by atoms with Crippen LogP contribution in [0.25, 0.3) is 0 Å². The number of aryl methyl sites for hydroxylation is 3. The van der Waals surface area contributed by atoms with Gasteiger partial charge in [-0.1, -0.05) is 59.7 Å². The Bertz CT molecular complexity index is 889. The highest BCUT2D eigenvalue weighted by Crippen LogP contribution is 2.56. The Kier molecular flexibility index (Phi) is 6.35. The molecule has 3 heteroatoms. The molecule has 0 unspecified atom stereocenters. The predicted molar refractivity (Wildman–Crippen MR) is 125 cm³/mol. The van der Waals surface area contributed by atoms with Gasteiger partial charge in [-0.05, 0) is 57.2 Å². The molecule has 0 spiro atoms. The molecule has 0 saturated heterocycles. The van der Waals surface area contributed by atoms with Crippen molar-refractivity contribution in [3.8, 4) is 0 Å². The van der Waals surface area contributed by atoms with Gasteiger partial charge in [-0.3, -0.25) is 0 Å². The molecule has 0 aliphatic heterocycles. The predicted octanol–water partition coefficient (Wildman–Crippen LogP) is 4.63. The minimum atomic E-state index is -2.14. The van der Waals surface area contributed by atoms with Gasteiger partial charge in [0.05, 0.1) is 12.7 Å². The van der Waals surface area contributed by atoms with Crippen LogP contribution in [0, 0.1) is 20.8 Å². The lowest BCUT2D eigenvalue weighted by molar-refractivity contribution is -0.135. The number of hydrogen-bond donors (Lipinski definition) is 0. The molecular weight excluding hydrogens is 375 g/mol. The van der Waals surface area contributed by atoms with Crippen LogP contribution >= 0.6 is 7.26 Å². The first-order valence-electron chi connectivity index (χ1n) is 9.72. The van der Waals surface area contributed by atoms with Crippen molar-refractivity contribution in [2.45, 2.75) is 20.8 Å². The summed E-state index contributed by atoms with van der Waals surface area (Å²) < 4.78 is 5.00. The number of methoxy groups -OCH3 is 1. The topological polar surface area (TPSA) is 26.3 Å². The van der Waals surface area contributed by atoms with Crippen LogP contribution in [-0.4, -0.2) is 19.2 Å². The molecule has 0 amide bonds. The first-order valence-corrected chi connectivity index (χ1v) is 11.7. The third-order valence-corrected chi connectivity index (χ3v) is 9.72. The minimum Gasteiger partial charge on any atom is -0.466 e. The molecule has 0 radical (unpaired) electrons. The second-order valence-corrected chi connectivity index (χ2v) is 11.1. The number of rotatable bonds is 6. The molecular formula is C26H28O2P+. The smallest absolute Gasteiger partial charge is 0.336 e. The van der Waals surface area contributed by atoms with Gasteiger partial charge in [0.25, 0.3) is 0 Å². The largest absolute Gasteiger partial charge is 0.466 e. The molecule has 0 heterocycles. The molecule has 0 bridgehead atoms. The van der Waals surface area contributed by atoms with Crippen LogP contribution in [0.2, 0.25) is 0 Å². The Morgan fingerprint density at radius 2 is 1.03 bits per heavy atom. The van der Waals surface area contributed by atoms with Gasteiger partial charge in [-0.2, -0.15) is 0 Å². The van der Waals surface area contributed by atoms with Crippen molar-refractivity contribution in [2.24, 2.45) is 0 Å². The van der Waals surface area contributed by atoms with Crippen molar-refractivity contribution in [1.29, 1.82) is 0 Å². The number of esters is 1. The number of carbonyl (C=O) groups excluding carboxylic acids is 1. The summed E-state index contributed by atoms with van der Waals surface area (Å²) in [5.74, 6) is -0.347. The fourth-order valence-electron chi connectivity index (χ4n) is 3.61. The van der Waals surface area contributed by atoms with E-state index in [1.807, 2.05) is 0 Å². The van der Waals surface area contributed by atoms with E-state index in [9.17, 15) is 4.79 Å². The molecule has 0 aromatic heterocycles. The van der Waals surface area contributed by atoms with Crippen LogP contribution in [0.5, 0.6) is 0 Å². The molecule has 3 aromatic rings. The zero-order chi connectivity index (χ0) is 21.0.